The van der Waals surface area contributed by atoms with Gasteiger partial charge in [-0.2, -0.15) is 4.31 Å². The van der Waals surface area contributed by atoms with E-state index in [1.807, 2.05) is 0 Å². The molecule has 2 heterocycles. The number of hydrogen-bond donors (Lipinski definition) is 1. The van der Waals surface area contributed by atoms with Crippen LogP contribution >= 0.6 is 15.9 Å². The maximum Gasteiger partial charge on any atom is 0.247 e. The molecule has 0 aromatic carbocycles. The summed E-state index contributed by atoms with van der Waals surface area (Å²) in [5, 5.41) is 9.05. The van der Waals surface area contributed by atoms with Crippen LogP contribution in [0.15, 0.2) is 20.0 Å². The van der Waals surface area contributed by atoms with Crippen LogP contribution in [-0.4, -0.2) is 30.9 Å². The zero-order chi connectivity index (χ0) is 15.8. The Morgan fingerprint density at radius 2 is 1.95 bits per heavy atom. The van der Waals surface area contributed by atoms with Crippen molar-refractivity contribution in [2.75, 3.05) is 13.1 Å². The lowest BCUT2D eigenvalue weighted by molar-refractivity contribution is 0.154. The Bertz CT molecular complexity index is 595. The molecule has 1 aromatic rings. The number of sulfonamides is 1. The third-order valence-electron chi connectivity index (χ3n) is 4.16. The first-order valence-electron chi connectivity index (χ1n) is 7.05. The predicted molar refractivity (Wildman–Crippen MR) is 83.3 cm³/mol. The third-order valence-corrected chi connectivity index (χ3v) is 6.91. The first-order valence-corrected chi connectivity index (χ1v) is 9.29. The first kappa shape index (κ1) is 17.0. The van der Waals surface area contributed by atoms with E-state index in [-0.39, 0.29) is 27.3 Å². The molecule has 2 rings (SSSR count). The summed E-state index contributed by atoms with van der Waals surface area (Å²) in [7, 11) is -3.57. The van der Waals surface area contributed by atoms with Crippen molar-refractivity contribution in [3.05, 3.63) is 16.5 Å². The Kier molecular flexibility index (Phi) is 4.87. The molecular formula is C14H22BrNO4S. The average molecular weight is 380 g/mol. The topological polar surface area (TPSA) is 70.8 Å². The second kappa shape index (κ2) is 6.02. The highest BCUT2D eigenvalue weighted by Crippen LogP contribution is 2.37. The van der Waals surface area contributed by atoms with Gasteiger partial charge in [-0.05, 0) is 40.1 Å². The van der Waals surface area contributed by atoms with Crippen LogP contribution in [0.25, 0.3) is 0 Å². The molecule has 0 saturated carbocycles. The van der Waals surface area contributed by atoms with E-state index in [4.69, 9.17) is 9.52 Å². The molecule has 21 heavy (non-hydrogen) atoms. The number of aliphatic hydroxyl groups excluding tert-OH is 1. The Balaban J connectivity index is 2.17. The maximum atomic E-state index is 12.6. The van der Waals surface area contributed by atoms with Gasteiger partial charge in [-0.25, -0.2) is 8.42 Å². The number of hydrogen-bond acceptors (Lipinski definition) is 4. The van der Waals surface area contributed by atoms with Crippen LogP contribution < -0.4 is 0 Å². The van der Waals surface area contributed by atoms with Gasteiger partial charge in [0, 0.05) is 19.2 Å². The molecule has 0 spiro atoms. The van der Waals surface area contributed by atoms with Gasteiger partial charge in [-0.3, -0.25) is 0 Å². The molecule has 1 saturated heterocycles. The van der Waals surface area contributed by atoms with Gasteiger partial charge in [0.25, 0.3) is 0 Å². The highest BCUT2D eigenvalue weighted by molar-refractivity contribution is 9.10. The zero-order valence-corrected chi connectivity index (χ0v) is 15.0. The van der Waals surface area contributed by atoms with Crippen LogP contribution in [0.3, 0.4) is 0 Å². The van der Waals surface area contributed by atoms with Crippen molar-refractivity contribution in [3.8, 4) is 0 Å². The number of nitrogens with zero attached hydrogens (tertiary/aromatic N) is 1. The highest BCUT2D eigenvalue weighted by Gasteiger charge is 2.35. The van der Waals surface area contributed by atoms with Gasteiger partial charge in [0.2, 0.25) is 10.0 Å². The SMILES string of the molecule is CC(C)(C)C1CCN(S(=O)(=O)c2cc(CO)oc2Br)CC1. The summed E-state index contributed by atoms with van der Waals surface area (Å²) in [6.45, 7) is 7.32. The van der Waals surface area contributed by atoms with Crippen LogP contribution in [0, 0.1) is 11.3 Å². The van der Waals surface area contributed by atoms with Gasteiger partial charge in [-0.15, -0.1) is 0 Å². The zero-order valence-electron chi connectivity index (χ0n) is 12.6. The largest absolute Gasteiger partial charge is 0.450 e. The second-order valence-corrected chi connectivity index (χ2v) is 9.18. The molecule has 0 atom stereocenters. The summed E-state index contributed by atoms with van der Waals surface area (Å²) in [4.78, 5) is 0.0979. The molecular weight excluding hydrogens is 358 g/mol. The van der Waals surface area contributed by atoms with E-state index in [0.717, 1.165) is 12.8 Å². The minimum absolute atomic E-state index is 0.0979. The number of piperidine rings is 1. The molecule has 0 radical (unpaired) electrons. The molecule has 0 amide bonds. The van der Waals surface area contributed by atoms with E-state index in [1.54, 1.807) is 0 Å². The van der Waals surface area contributed by atoms with E-state index < -0.39 is 10.0 Å². The lowest BCUT2D eigenvalue weighted by Gasteiger charge is -2.38. The van der Waals surface area contributed by atoms with E-state index in [9.17, 15) is 8.42 Å². The minimum atomic E-state index is -3.57. The summed E-state index contributed by atoms with van der Waals surface area (Å²) in [5.74, 6) is 0.773. The summed E-state index contributed by atoms with van der Waals surface area (Å²) < 4.78 is 32.1. The summed E-state index contributed by atoms with van der Waals surface area (Å²) in [6.07, 6.45) is 1.73. The van der Waals surface area contributed by atoms with Crippen LogP contribution in [-0.2, 0) is 16.6 Å². The predicted octanol–water partition coefficient (Wildman–Crippen LogP) is 2.98. The molecule has 1 fully saturated rings. The molecule has 1 aliphatic heterocycles. The molecule has 1 N–H and O–H groups in total. The first-order chi connectivity index (χ1) is 9.66. The van der Waals surface area contributed by atoms with Crippen molar-refractivity contribution in [1.82, 2.24) is 4.31 Å². The minimum Gasteiger partial charge on any atom is -0.450 e. The van der Waals surface area contributed by atoms with E-state index >= 15 is 0 Å². The Hall–Kier alpha value is -0.370. The van der Waals surface area contributed by atoms with Gasteiger partial charge < -0.3 is 9.52 Å². The molecule has 0 bridgehead atoms. The molecule has 1 aliphatic rings. The van der Waals surface area contributed by atoms with Gasteiger partial charge >= 0.3 is 0 Å². The molecule has 1 aromatic heterocycles. The molecule has 0 aliphatic carbocycles. The second-order valence-electron chi connectivity index (χ2n) is 6.55. The molecule has 7 heteroatoms. The van der Waals surface area contributed by atoms with Gasteiger partial charge in [0.05, 0.1) is 0 Å². The molecule has 5 nitrogen and oxygen atoms in total. The fourth-order valence-electron chi connectivity index (χ4n) is 2.75. The monoisotopic (exact) mass is 379 g/mol. The van der Waals surface area contributed by atoms with Crippen LogP contribution in [0.1, 0.15) is 39.4 Å². The van der Waals surface area contributed by atoms with Gasteiger partial charge in [-0.1, -0.05) is 20.8 Å². The quantitative estimate of drug-likeness (QED) is 0.875. The van der Waals surface area contributed by atoms with Crippen molar-refractivity contribution < 1.29 is 17.9 Å². The van der Waals surface area contributed by atoms with Gasteiger partial charge in [0.15, 0.2) is 4.67 Å². The smallest absolute Gasteiger partial charge is 0.247 e. The number of halogens is 1. The molecule has 120 valence electrons. The third kappa shape index (κ3) is 3.52. The van der Waals surface area contributed by atoms with E-state index in [2.05, 4.69) is 36.7 Å². The fourth-order valence-corrected chi connectivity index (χ4v) is 5.18. The van der Waals surface area contributed by atoms with Crippen LogP contribution in [0.4, 0.5) is 0 Å². The van der Waals surface area contributed by atoms with Gasteiger partial charge in [0.1, 0.15) is 17.3 Å². The Labute approximate surface area is 134 Å². The normalized spacial score (nSPS) is 19.1. The number of furan rings is 1. The fraction of sp³-hybridized carbons (Fsp3) is 0.714. The standard InChI is InChI=1S/C14H22BrNO4S/c1-14(2,3)10-4-6-16(7-5-10)21(18,19)12-8-11(9-17)20-13(12)15/h8,10,17H,4-7,9H2,1-3H3. The van der Waals surface area contributed by atoms with Crippen molar-refractivity contribution in [1.29, 1.82) is 0 Å². The van der Waals surface area contributed by atoms with Crippen molar-refractivity contribution >= 4 is 26.0 Å². The Morgan fingerprint density at radius 1 is 1.38 bits per heavy atom. The van der Waals surface area contributed by atoms with E-state index in [0.29, 0.717) is 19.0 Å². The lowest BCUT2D eigenvalue weighted by atomic mass is 9.76. The Morgan fingerprint density at radius 3 is 2.38 bits per heavy atom. The average Bonchev–Trinajstić information content (AvgIpc) is 2.80. The number of aliphatic hydroxyl groups is 1. The van der Waals surface area contributed by atoms with Crippen molar-refractivity contribution in [3.63, 3.8) is 0 Å². The maximum absolute atomic E-state index is 12.6. The van der Waals surface area contributed by atoms with Crippen molar-refractivity contribution in [2.24, 2.45) is 11.3 Å². The summed E-state index contributed by atoms with van der Waals surface area (Å²) in [5.41, 5.74) is 0.204. The van der Waals surface area contributed by atoms with Crippen LogP contribution in [0.2, 0.25) is 0 Å². The lowest BCUT2D eigenvalue weighted by Crippen LogP contribution is -2.41. The van der Waals surface area contributed by atoms with Crippen LogP contribution in [0.5, 0.6) is 0 Å². The van der Waals surface area contributed by atoms with E-state index in [1.165, 1.54) is 10.4 Å². The number of rotatable bonds is 3. The molecule has 0 unspecified atom stereocenters. The summed E-state index contributed by atoms with van der Waals surface area (Å²) >= 11 is 3.12. The summed E-state index contributed by atoms with van der Waals surface area (Å²) in [6, 6.07) is 1.38. The highest BCUT2D eigenvalue weighted by atomic mass is 79.9. The van der Waals surface area contributed by atoms with Crippen molar-refractivity contribution in [2.45, 2.75) is 45.1 Å².